The van der Waals surface area contributed by atoms with Crippen LogP contribution in [0.25, 0.3) is 0 Å². The van der Waals surface area contributed by atoms with E-state index in [0.717, 1.165) is 0 Å². The lowest BCUT2D eigenvalue weighted by atomic mass is 10.4. The zero-order valence-corrected chi connectivity index (χ0v) is 5.15. The highest BCUT2D eigenvalue weighted by molar-refractivity contribution is 5.87. The van der Waals surface area contributed by atoms with Gasteiger partial charge >= 0.3 is 5.97 Å². The summed E-state index contributed by atoms with van der Waals surface area (Å²) in [6.45, 7) is 0. The van der Waals surface area contributed by atoms with Crippen LogP contribution in [0.3, 0.4) is 0 Å². The normalized spacial score (nSPS) is 9.55. The van der Waals surface area contributed by atoms with Gasteiger partial charge in [-0.2, -0.15) is 4.39 Å². The Hall–Kier alpha value is -1.72. The van der Waals surface area contributed by atoms with E-state index in [2.05, 4.69) is 9.97 Å². The second-order valence-corrected chi connectivity index (χ2v) is 1.67. The monoisotopic (exact) mass is 158 g/mol. The summed E-state index contributed by atoms with van der Waals surface area (Å²) in [6.07, 6.45) is 0.627. The Labute approximate surface area is 60.2 Å². The summed E-state index contributed by atoms with van der Waals surface area (Å²) in [7, 11) is 0. The smallest absolute Gasteiger partial charge is 0.360 e. The Morgan fingerprint density at radius 1 is 1.64 bits per heavy atom. The van der Waals surface area contributed by atoms with Crippen molar-refractivity contribution in [3.8, 4) is 5.88 Å². The zero-order chi connectivity index (χ0) is 8.43. The Balaban J connectivity index is 3.23. The Bertz CT molecular complexity index is 302. The summed E-state index contributed by atoms with van der Waals surface area (Å²) in [4.78, 5) is 16.1. The van der Waals surface area contributed by atoms with Gasteiger partial charge in [0.15, 0.2) is 0 Å². The van der Waals surface area contributed by atoms with Gasteiger partial charge in [-0.15, -0.1) is 0 Å². The number of carboxylic acid groups (broad SMARTS) is 1. The molecule has 0 saturated carbocycles. The lowest BCUT2D eigenvalue weighted by molar-refractivity contribution is 0.0684. The van der Waals surface area contributed by atoms with Crippen molar-refractivity contribution in [1.82, 2.24) is 9.97 Å². The zero-order valence-electron chi connectivity index (χ0n) is 5.15. The molecule has 0 spiro atoms. The Morgan fingerprint density at radius 3 is 2.73 bits per heavy atom. The maximum Gasteiger partial charge on any atom is 0.360 e. The minimum absolute atomic E-state index is 0.627. The van der Waals surface area contributed by atoms with Crippen molar-refractivity contribution >= 4 is 5.97 Å². The standard InChI is InChI=1S/C5H3FN2O3/c6-2-1-7-4(9)3(8-2)5(10)11/h1H,(H,7,9)(H,10,11). The Morgan fingerprint density at radius 2 is 2.27 bits per heavy atom. The molecule has 0 aliphatic heterocycles. The molecule has 0 bridgehead atoms. The fraction of sp³-hybridized carbons (Fsp3) is 0. The summed E-state index contributed by atoms with van der Waals surface area (Å²) in [5, 5.41) is 16.9. The third kappa shape index (κ3) is 1.40. The van der Waals surface area contributed by atoms with Gasteiger partial charge in [-0.3, -0.25) is 0 Å². The first-order chi connectivity index (χ1) is 5.11. The maximum atomic E-state index is 12.2. The molecule has 0 fully saturated rings. The number of carbonyl (C=O) groups is 1. The van der Waals surface area contributed by atoms with Crippen LogP contribution in [0.15, 0.2) is 6.20 Å². The molecular weight excluding hydrogens is 155 g/mol. The quantitative estimate of drug-likeness (QED) is 0.601. The number of hydrogen-bond acceptors (Lipinski definition) is 4. The number of aromatic carboxylic acids is 1. The van der Waals surface area contributed by atoms with Gasteiger partial charge in [0.05, 0.1) is 6.20 Å². The number of aromatic hydroxyl groups is 1. The van der Waals surface area contributed by atoms with Crippen molar-refractivity contribution in [2.75, 3.05) is 0 Å². The van der Waals surface area contributed by atoms with Gasteiger partial charge < -0.3 is 10.2 Å². The highest BCUT2D eigenvalue weighted by atomic mass is 19.1. The second kappa shape index (κ2) is 2.49. The molecule has 58 valence electrons. The lowest BCUT2D eigenvalue weighted by Crippen LogP contribution is -2.03. The first-order valence-electron chi connectivity index (χ1n) is 2.56. The number of carboxylic acids is 1. The summed E-state index contributed by atoms with van der Waals surface area (Å²) in [6, 6.07) is 0. The molecule has 11 heavy (non-hydrogen) atoms. The first-order valence-corrected chi connectivity index (χ1v) is 2.56. The molecule has 2 N–H and O–H groups in total. The van der Waals surface area contributed by atoms with Gasteiger partial charge in [-0.1, -0.05) is 0 Å². The van der Waals surface area contributed by atoms with Crippen molar-refractivity contribution in [2.24, 2.45) is 0 Å². The summed E-state index contributed by atoms with van der Waals surface area (Å²) in [5.74, 6) is -3.35. The molecule has 1 rings (SSSR count). The average Bonchev–Trinajstić information content (AvgIpc) is 1.94. The highest BCUT2D eigenvalue weighted by Crippen LogP contribution is 2.09. The third-order valence-corrected chi connectivity index (χ3v) is 0.926. The van der Waals surface area contributed by atoms with Crippen LogP contribution >= 0.6 is 0 Å². The van der Waals surface area contributed by atoms with Crippen LogP contribution in [0.2, 0.25) is 0 Å². The van der Waals surface area contributed by atoms with Crippen LogP contribution in [0, 0.1) is 5.95 Å². The van der Waals surface area contributed by atoms with Crippen LogP contribution in [0.5, 0.6) is 5.88 Å². The molecule has 0 unspecified atom stereocenters. The fourth-order valence-corrected chi connectivity index (χ4v) is 0.505. The predicted molar refractivity (Wildman–Crippen MR) is 30.6 cm³/mol. The van der Waals surface area contributed by atoms with E-state index >= 15 is 0 Å². The molecule has 0 aromatic carbocycles. The molecule has 0 amide bonds. The third-order valence-electron chi connectivity index (χ3n) is 0.926. The highest BCUT2D eigenvalue weighted by Gasteiger charge is 2.13. The Kier molecular flexibility index (Phi) is 1.67. The lowest BCUT2D eigenvalue weighted by Gasteiger charge is -1.94. The van der Waals surface area contributed by atoms with Gasteiger partial charge in [-0.05, 0) is 0 Å². The molecule has 0 radical (unpaired) electrons. The number of rotatable bonds is 1. The van der Waals surface area contributed by atoms with Crippen molar-refractivity contribution in [2.45, 2.75) is 0 Å². The SMILES string of the molecule is O=C(O)c1nc(F)cnc1O. The first kappa shape index (κ1) is 7.39. The van der Waals surface area contributed by atoms with E-state index in [4.69, 9.17) is 10.2 Å². The molecule has 0 atom stereocenters. The number of nitrogens with zero attached hydrogens (tertiary/aromatic N) is 2. The number of aromatic nitrogens is 2. The fourth-order valence-electron chi connectivity index (χ4n) is 0.505. The van der Waals surface area contributed by atoms with E-state index in [1.807, 2.05) is 0 Å². The molecule has 1 aromatic heterocycles. The molecule has 6 heteroatoms. The van der Waals surface area contributed by atoms with Crippen molar-refractivity contribution in [1.29, 1.82) is 0 Å². The summed E-state index contributed by atoms with van der Waals surface area (Å²) < 4.78 is 12.2. The van der Waals surface area contributed by atoms with E-state index in [1.54, 1.807) is 0 Å². The maximum absolute atomic E-state index is 12.2. The van der Waals surface area contributed by atoms with Gasteiger partial charge in [0.25, 0.3) is 0 Å². The van der Waals surface area contributed by atoms with Crippen LogP contribution in [0.4, 0.5) is 4.39 Å². The summed E-state index contributed by atoms with van der Waals surface area (Å²) in [5.41, 5.74) is -0.787. The molecule has 1 aromatic rings. The van der Waals surface area contributed by atoms with E-state index in [9.17, 15) is 9.18 Å². The van der Waals surface area contributed by atoms with Gasteiger partial charge in [0.1, 0.15) is 0 Å². The van der Waals surface area contributed by atoms with E-state index in [-0.39, 0.29) is 0 Å². The van der Waals surface area contributed by atoms with Crippen molar-refractivity contribution < 1.29 is 19.4 Å². The number of hydrogen-bond donors (Lipinski definition) is 2. The topological polar surface area (TPSA) is 83.3 Å². The minimum atomic E-state index is -1.52. The molecule has 1 heterocycles. The van der Waals surface area contributed by atoms with Crippen LogP contribution in [-0.2, 0) is 0 Å². The van der Waals surface area contributed by atoms with E-state index in [0.29, 0.717) is 6.20 Å². The van der Waals surface area contributed by atoms with E-state index in [1.165, 1.54) is 0 Å². The predicted octanol–water partition coefficient (Wildman–Crippen LogP) is 0.0195. The molecule has 0 aliphatic carbocycles. The molecule has 0 aliphatic rings. The van der Waals surface area contributed by atoms with Crippen molar-refractivity contribution in [3.63, 3.8) is 0 Å². The van der Waals surface area contributed by atoms with Crippen molar-refractivity contribution in [3.05, 3.63) is 17.8 Å². The van der Waals surface area contributed by atoms with Gasteiger partial charge in [-0.25, -0.2) is 14.8 Å². The molecular formula is C5H3FN2O3. The molecule has 0 saturated heterocycles. The van der Waals surface area contributed by atoms with Crippen LogP contribution in [0.1, 0.15) is 10.5 Å². The number of halogens is 1. The van der Waals surface area contributed by atoms with Gasteiger partial charge in [0.2, 0.25) is 17.5 Å². The minimum Gasteiger partial charge on any atom is -0.492 e. The van der Waals surface area contributed by atoms with Crippen LogP contribution in [-0.4, -0.2) is 26.2 Å². The second-order valence-electron chi connectivity index (χ2n) is 1.67. The largest absolute Gasteiger partial charge is 0.492 e. The molecule has 5 nitrogen and oxygen atoms in total. The average molecular weight is 158 g/mol. The van der Waals surface area contributed by atoms with Crippen LogP contribution < -0.4 is 0 Å². The summed E-state index contributed by atoms with van der Waals surface area (Å²) >= 11 is 0. The van der Waals surface area contributed by atoms with Gasteiger partial charge in [0, 0.05) is 0 Å². The van der Waals surface area contributed by atoms with E-state index < -0.39 is 23.5 Å².